The molecule has 0 saturated heterocycles. The molecule has 3 aromatic rings. The maximum Gasteiger partial charge on any atom is 0.342 e. The number of aryl methyl sites for hydroxylation is 1. The zero-order valence-electron chi connectivity index (χ0n) is 24.4. The molecule has 0 radical (unpaired) electrons. The molecule has 1 spiro atoms. The van der Waals surface area contributed by atoms with Gasteiger partial charge in [0.25, 0.3) is 0 Å². The van der Waals surface area contributed by atoms with Crippen LogP contribution in [0.3, 0.4) is 0 Å². The van der Waals surface area contributed by atoms with Gasteiger partial charge in [-0.05, 0) is 48.7 Å². The number of ketones is 3. The molecule has 3 aromatic carbocycles. The number of esters is 2. The van der Waals surface area contributed by atoms with Crippen LogP contribution in [-0.4, -0.2) is 72.6 Å². The Bertz CT molecular complexity index is 1990. The van der Waals surface area contributed by atoms with Crippen molar-refractivity contribution in [3.63, 3.8) is 0 Å². The van der Waals surface area contributed by atoms with Gasteiger partial charge in [0.05, 0.1) is 29.6 Å². The Hall–Kier alpha value is -5.69. The van der Waals surface area contributed by atoms with E-state index >= 15 is 0 Å². The topological polar surface area (TPSA) is 225 Å². The monoisotopic (exact) mass is 630 g/mol. The number of phenols is 5. The molecular formula is C33H26O13. The summed E-state index contributed by atoms with van der Waals surface area (Å²) in [5, 5.41) is 66.6. The first-order valence-corrected chi connectivity index (χ1v) is 13.9. The van der Waals surface area contributed by atoms with E-state index in [0.717, 1.165) is 32.2 Å². The van der Waals surface area contributed by atoms with Gasteiger partial charge in [0.2, 0.25) is 11.6 Å². The fourth-order valence-corrected chi connectivity index (χ4v) is 7.08. The third-order valence-corrected chi connectivity index (χ3v) is 8.98. The molecule has 0 aromatic heterocycles. The number of Topliss-reactive ketones (excluding diaryl/α,β-unsaturated/α-hetero) is 2. The lowest BCUT2D eigenvalue weighted by Gasteiger charge is -2.52. The Kier molecular flexibility index (Phi) is 6.53. The number of allylic oxidation sites excluding steroid dienone is 1. The number of carbonyl (C=O) groups is 5. The van der Waals surface area contributed by atoms with Crippen molar-refractivity contribution in [1.82, 2.24) is 0 Å². The summed E-state index contributed by atoms with van der Waals surface area (Å²) in [4.78, 5) is 67.0. The molecule has 236 valence electrons. The van der Waals surface area contributed by atoms with Crippen molar-refractivity contribution >= 4 is 29.3 Å². The van der Waals surface area contributed by atoms with E-state index in [0.29, 0.717) is 5.56 Å². The Morgan fingerprint density at radius 3 is 2.17 bits per heavy atom. The van der Waals surface area contributed by atoms with Gasteiger partial charge in [0.15, 0.2) is 11.4 Å². The van der Waals surface area contributed by atoms with Gasteiger partial charge in [-0.15, -0.1) is 0 Å². The third kappa shape index (κ3) is 3.75. The van der Waals surface area contributed by atoms with Crippen LogP contribution in [0.15, 0.2) is 42.5 Å². The number of rotatable bonds is 4. The number of benzene rings is 3. The highest BCUT2D eigenvalue weighted by Crippen LogP contribution is 2.63. The van der Waals surface area contributed by atoms with Gasteiger partial charge in [-0.2, -0.15) is 0 Å². The molecule has 7 rings (SSSR count). The molecule has 6 N–H and O–H groups in total. The molecule has 0 saturated carbocycles. The average molecular weight is 631 g/mol. The number of methoxy groups -OCH3 is 1. The van der Waals surface area contributed by atoms with E-state index in [9.17, 15) is 54.6 Å². The number of hydrogen-bond acceptors (Lipinski definition) is 13. The van der Waals surface area contributed by atoms with Gasteiger partial charge in [-0.1, -0.05) is 18.2 Å². The molecule has 4 aliphatic rings. The lowest BCUT2D eigenvalue weighted by Crippen LogP contribution is -2.66. The van der Waals surface area contributed by atoms with Crippen molar-refractivity contribution in [1.29, 1.82) is 0 Å². The molecule has 2 bridgehead atoms. The van der Waals surface area contributed by atoms with E-state index in [1.807, 2.05) is 0 Å². The van der Waals surface area contributed by atoms with E-state index < -0.39 is 110 Å². The zero-order valence-corrected chi connectivity index (χ0v) is 24.4. The van der Waals surface area contributed by atoms with Crippen LogP contribution in [0.5, 0.6) is 28.7 Å². The predicted octanol–water partition coefficient (Wildman–Crippen LogP) is 2.54. The number of phenolic OH excluding ortho intramolecular Hbond substituents is 5. The van der Waals surface area contributed by atoms with Crippen molar-refractivity contribution in [2.45, 2.75) is 37.9 Å². The molecule has 0 aliphatic heterocycles. The predicted molar refractivity (Wildman–Crippen MR) is 154 cm³/mol. The van der Waals surface area contributed by atoms with Crippen molar-refractivity contribution in [2.75, 3.05) is 7.11 Å². The molecule has 13 nitrogen and oxygen atoms in total. The summed E-state index contributed by atoms with van der Waals surface area (Å²) in [5.41, 5.74) is -7.69. The van der Waals surface area contributed by atoms with Crippen molar-refractivity contribution < 1.29 is 64.1 Å². The largest absolute Gasteiger partial charge is 0.507 e. The highest BCUT2D eigenvalue weighted by atomic mass is 16.5. The minimum atomic E-state index is -2.96. The Labute approximate surface area is 259 Å². The fourth-order valence-electron chi connectivity index (χ4n) is 7.08. The van der Waals surface area contributed by atoms with Crippen LogP contribution in [0.25, 0.3) is 0 Å². The van der Waals surface area contributed by atoms with Crippen molar-refractivity contribution in [3.05, 3.63) is 87.0 Å². The van der Waals surface area contributed by atoms with Gasteiger partial charge in [0.1, 0.15) is 46.0 Å². The maximum absolute atomic E-state index is 14.3. The summed E-state index contributed by atoms with van der Waals surface area (Å²) in [5.74, 6) is -11.3. The lowest BCUT2D eigenvalue weighted by molar-refractivity contribution is -0.172. The molecule has 0 amide bonds. The normalized spacial score (nSPS) is 24.0. The van der Waals surface area contributed by atoms with E-state index in [2.05, 4.69) is 4.74 Å². The highest BCUT2D eigenvalue weighted by molar-refractivity contribution is 6.24. The van der Waals surface area contributed by atoms with Crippen LogP contribution < -0.4 is 0 Å². The van der Waals surface area contributed by atoms with Crippen LogP contribution in [-0.2, 0) is 25.5 Å². The van der Waals surface area contributed by atoms with E-state index in [1.165, 1.54) is 24.3 Å². The second kappa shape index (κ2) is 9.91. The molecule has 46 heavy (non-hydrogen) atoms. The Balaban J connectivity index is 1.62. The fraction of sp³-hybridized carbons (Fsp3) is 0.242. The minimum Gasteiger partial charge on any atom is -0.507 e. The maximum atomic E-state index is 14.3. The van der Waals surface area contributed by atoms with Gasteiger partial charge >= 0.3 is 11.9 Å². The van der Waals surface area contributed by atoms with Gasteiger partial charge in [-0.25, -0.2) is 4.79 Å². The first-order valence-electron chi connectivity index (χ1n) is 13.9. The number of carbonyl (C=O) groups excluding carboxylic acids is 5. The summed E-state index contributed by atoms with van der Waals surface area (Å²) >= 11 is 0. The molecule has 0 fully saturated rings. The number of hydrogen-bond donors (Lipinski definition) is 6. The van der Waals surface area contributed by atoms with Crippen molar-refractivity contribution in [2.24, 2.45) is 5.41 Å². The van der Waals surface area contributed by atoms with Crippen LogP contribution in [0.2, 0.25) is 0 Å². The van der Waals surface area contributed by atoms with E-state index in [-0.39, 0.29) is 16.7 Å². The zero-order chi connectivity index (χ0) is 33.6. The number of fused-ring (bicyclic) bond motifs is 1. The van der Waals surface area contributed by atoms with Gasteiger partial charge in [-0.3, -0.25) is 19.2 Å². The summed E-state index contributed by atoms with van der Waals surface area (Å²) in [6.07, 6.45) is 0.582. The average Bonchev–Trinajstić information content (AvgIpc) is 3.19. The smallest absolute Gasteiger partial charge is 0.342 e. The SMILES string of the molecule is COC(=O)c1c(O)ccc(O)c1C(=O)c1c(O)cc2c(c1O)C1C=CC3(C2)C(OC(C)=O)c2cc(C)cc(O)c2C(=O)C3(O)C1=O. The van der Waals surface area contributed by atoms with Crippen molar-refractivity contribution in [3.8, 4) is 28.7 Å². The van der Waals surface area contributed by atoms with Crippen LogP contribution in [0.1, 0.15) is 77.8 Å². The first kappa shape index (κ1) is 30.3. The molecule has 0 heterocycles. The second-order valence-corrected chi connectivity index (χ2v) is 11.6. The van der Waals surface area contributed by atoms with Gasteiger partial charge < -0.3 is 40.1 Å². The van der Waals surface area contributed by atoms with Gasteiger partial charge in [0, 0.05) is 18.1 Å². The van der Waals surface area contributed by atoms with E-state index in [1.54, 1.807) is 6.92 Å². The second-order valence-electron chi connectivity index (χ2n) is 11.6. The summed E-state index contributed by atoms with van der Waals surface area (Å²) in [6.45, 7) is 2.69. The summed E-state index contributed by atoms with van der Waals surface area (Å²) < 4.78 is 10.3. The molecular weight excluding hydrogens is 604 g/mol. The van der Waals surface area contributed by atoms with Crippen LogP contribution >= 0.6 is 0 Å². The quantitative estimate of drug-likeness (QED) is 0.0802. The number of aliphatic hydroxyl groups is 1. The number of ether oxygens (including phenoxy) is 2. The lowest BCUT2D eigenvalue weighted by atomic mass is 9.53. The first-order chi connectivity index (χ1) is 21.6. The summed E-state index contributed by atoms with van der Waals surface area (Å²) in [7, 11) is 0.958. The minimum absolute atomic E-state index is 0.00979. The molecule has 4 unspecified atom stereocenters. The molecule has 4 aliphatic carbocycles. The van der Waals surface area contributed by atoms with Crippen LogP contribution in [0.4, 0.5) is 0 Å². The Morgan fingerprint density at radius 2 is 1.54 bits per heavy atom. The Morgan fingerprint density at radius 1 is 0.891 bits per heavy atom. The molecule has 4 atom stereocenters. The third-order valence-electron chi connectivity index (χ3n) is 8.98. The number of aromatic hydroxyl groups is 5. The molecule has 13 heteroatoms. The standard InChI is InChI=1S/C33H26O13/c1-12-8-16-22(19(37)9-12)29(42)33(44)28(41)15-6-7-32(33,30(16)46-13(2)34)11-14-10-20(38)25(26(39)21(14)15)27(40)23-17(35)4-5-18(36)24(23)31(43)45-3/h4-10,15,30,35-39,44H,11H2,1-3H3. The van der Waals surface area contributed by atoms with Crippen LogP contribution in [0, 0.1) is 12.3 Å². The van der Waals surface area contributed by atoms with E-state index in [4.69, 9.17) is 4.74 Å². The highest BCUT2D eigenvalue weighted by Gasteiger charge is 2.71. The summed E-state index contributed by atoms with van der Waals surface area (Å²) in [6, 6.07) is 5.55.